The lowest BCUT2D eigenvalue weighted by molar-refractivity contribution is 0.610. The van der Waals surface area contributed by atoms with Crippen LogP contribution in [-0.2, 0) is 6.42 Å². The molecule has 0 amide bonds. The number of rotatable bonds is 6. The number of hydrogen-bond donors (Lipinski definition) is 1. The number of nitrogens with one attached hydrogen (secondary N) is 1. The number of thioether (sulfide) groups is 1. The fourth-order valence-electron chi connectivity index (χ4n) is 1.95. The van der Waals surface area contributed by atoms with Crippen molar-refractivity contribution >= 4 is 35.0 Å². The maximum absolute atomic E-state index is 13.1. The molecule has 1 atom stereocenters. The fraction of sp³-hybridized carbons (Fsp3) is 0.250. The van der Waals surface area contributed by atoms with Crippen molar-refractivity contribution in [2.75, 3.05) is 12.8 Å². The van der Waals surface area contributed by atoms with Gasteiger partial charge in [-0.15, -0.1) is 11.8 Å². The van der Waals surface area contributed by atoms with Gasteiger partial charge in [0.15, 0.2) is 0 Å². The van der Waals surface area contributed by atoms with E-state index in [1.165, 1.54) is 12.1 Å². The van der Waals surface area contributed by atoms with Crippen molar-refractivity contribution in [1.29, 1.82) is 0 Å². The average molecular weight is 344 g/mol. The van der Waals surface area contributed by atoms with Crippen molar-refractivity contribution in [2.24, 2.45) is 0 Å². The van der Waals surface area contributed by atoms with E-state index in [0.717, 1.165) is 27.7 Å². The molecule has 2 rings (SSSR count). The van der Waals surface area contributed by atoms with Gasteiger partial charge >= 0.3 is 0 Å². The van der Waals surface area contributed by atoms with Crippen LogP contribution in [0.4, 0.5) is 4.39 Å². The van der Waals surface area contributed by atoms with Gasteiger partial charge < -0.3 is 5.32 Å². The van der Waals surface area contributed by atoms with Gasteiger partial charge in [0.25, 0.3) is 0 Å². The Kier molecular flexibility index (Phi) is 6.37. The Morgan fingerprint density at radius 2 is 1.90 bits per heavy atom. The average Bonchev–Trinajstić information content (AvgIpc) is 2.47. The molecule has 1 N–H and O–H groups in total. The van der Waals surface area contributed by atoms with Crippen LogP contribution >= 0.6 is 35.0 Å². The van der Waals surface area contributed by atoms with E-state index in [0.29, 0.717) is 5.02 Å². The number of halogens is 3. The molecule has 2 aromatic rings. The zero-order chi connectivity index (χ0) is 15.2. The van der Waals surface area contributed by atoms with Crippen molar-refractivity contribution < 1.29 is 4.39 Å². The van der Waals surface area contributed by atoms with Gasteiger partial charge in [0.1, 0.15) is 5.82 Å². The zero-order valence-electron chi connectivity index (χ0n) is 11.6. The van der Waals surface area contributed by atoms with E-state index >= 15 is 0 Å². The largest absolute Gasteiger partial charge is 0.316 e. The Labute approximate surface area is 138 Å². The zero-order valence-corrected chi connectivity index (χ0v) is 13.9. The van der Waals surface area contributed by atoms with Gasteiger partial charge in [-0.1, -0.05) is 41.4 Å². The Morgan fingerprint density at radius 3 is 2.57 bits per heavy atom. The molecule has 2 aromatic carbocycles. The summed E-state index contributed by atoms with van der Waals surface area (Å²) in [4.78, 5) is 1.06. The molecule has 0 radical (unpaired) electrons. The lowest BCUT2D eigenvalue weighted by Crippen LogP contribution is -2.30. The first-order chi connectivity index (χ1) is 10.1. The van der Waals surface area contributed by atoms with Gasteiger partial charge in [0, 0.05) is 21.7 Å². The Bertz CT molecular complexity index is 607. The smallest absolute Gasteiger partial charge is 0.124 e. The first kappa shape index (κ1) is 16.6. The van der Waals surface area contributed by atoms with Crippen molar-refractivity contribution in [3.63, 3.8) is 0 Å². The molecule has 0 bridgehead atoms. The highest BCUT2D eigenvalue weighted by atomic mass is 35.5. The van der Waals surface area contributed by atoms with Crippen LogP contribution < -0.4 is 5.32 Å². The summed E-state index contributed by atoms with van der Waals surface area (Å²) in [6.07, 6.45) is 0.743. The van der Waals surface area contributed by atoms with E-state index < -0.39 is 0 Å². The molecule has 0 saturated heterocycles. The highest BCUT2D eigenvalue weighted by Crippen LogP contribution is 2.28. The van der Waals surface area contributed by atoms with Crippen LogP contribution in [0.25, 0.3) is 0 Å². The van der Waals surface area contributed by atoms with Crippen molar-refractivity contribution in [3.05, 3.63) is 63.9 Å². The summed E-state index contributed by atoms with van der Waals surface area (Å²) in [6.45, 7) is 0. The van der Waals surface area contributed by atoms with Gasteiger partial charge in [0.2, 0.25) is 0 Å². The van der Waals surface area contributed by atoms with Crippen LogP contribution in [-0.4, -0.2) is 18.8 Å². The minimum absolute atomic E-state index is 0.231. The minimum atomic E-state index is -0.310. The molecule has 5 heteroatoms. The van der Waals surface area contributed by atoms with Gasteiger partial charge in [-0.3, -0.25) is 0 Å². The van der Waals surface area contributed by atoms with Crippen LogP contribution in [0.5, 0.6) is 0 Å². The summed E-state index contributed by atoms with van der Waals surface area (Å²) in [7, 11) is 1.91. The fourth-order valence-corrected chi connectivity index (χ4v) is 3.54. The topological polar surface area (TPSA) is 12.0 Å². The summed E-state index contributed by atoms with van der Waals surface area (Å²) in [5.41, 5.74) is 0.942. The third-order valence-corrected chi connectivity index (χ3v) is 5.20. The summed E-state index contributed by atoms with van der Waals surface area (Å²) in [6, 6.07) is 12.5. The maximum Gasteiger partial charge on any atom is 0.124 e. The summed E-state index contributed by atoms with van der Waals surface area (Å²) >= 11 is 13.9. The Morgan fingerprint density at radius 1 is 1.14 bits per heavy atom. The second kappa shape index (κ2) is 8.04. The molecule has 0 saturated carbocycles. The van der Waals surface area contributed by atoms with Crippen LogP contribution in [0.3, 0.4) is 0 Å². The molecule has 0 heterocycles. The summed E-state index contributed by atoms with van der Waals surface area (Å²) in [5, 5.41) is 4.50. The van der Waals surface area contributed by atoms with Gasteiger partial charge in [-0.25, -0.2) is 4.39 Å². The second-order valence-corrected chi connectivity index (χ2v) is 6.54. The van der Waals surface area contributed by atoms with E-state index in [4.69, 9.17) is 23.2 Å². The monoisotopic (exact) mass is 343 g/mol. The number of likely N-dealkylation sites (N-methyl/N-ethyl adjacent to an activating group) is 1. The SMILES string of the molecule is CNC(CSc1ccccc1Cl)Cc1ccc(F)cc1Cl. The van der Waals surface area contributed by atoms with Crippen LogP contribution in [0.15, 0.2) is 47.4 Å². The molecule has 0 aromatic heterocycles. The number of hydrogen-bond acceptors (Lipinski definition) is 2. The summed E-state index contributed by atoms with van der Waals surface area (Å²) in [5.74, 6) is 0.545. The van der Waals surface area contributed by atoms with Crippen molar-refractivity contribution in [1.82, 2.24) is 5.32 Å². The molecular weight excluding hydrogens is 328 g/mol. The molecule has 0 fully saturated rings. The van der Waals surface area contributed by atoms with E-state index in [1.54, 1.807) is 17.8 Å². The molecule has 112 valence electrons. The highest BCUT2D eigenvalue weighted by molar-refractivity contribution is 7.99. The van der Waals surface area contributed by atoms with E-state index in [9.17, 15) is 4.39 Å². The Balaban J connectivity index is 1.99. The first-order valence-corrected chi connectivity index (χ1v) is 8.33. The molecule has 0 aliphatic carbocycles. The molecule has 0 aliphatic heterocycles. The summed E-state index contributed by atoms with van der Waals surface area (Å²) < 4.78 is 13.1. The Hall–Kier alpha value is -0.740. The van der Waals surface area contributed by atoms with Crippen molar-refractivity contribution in [3.8, 4) is 0 Å². The third-order valence-electron chi connectivity index (χ3n) is 3.17. The van der Waals surface area contributed by atoms with E-state index in [-0.39, 0.29) is 11.9 Å². The predicted molar refractivity (Wildman–Crippen MR) is 90.1 cm³/mol. The number of benzene rings is 2. The van der Waals surface area contributed by atoms with E-state index in [1.807, 2.05) is 31.3 Å². The highest BCUT2D eigenvalue weighted by Gasteiger charge is 2.12. The lowest BCUT2D eigenvalue weighted by atomic mass is 10.1. The molecule has 21 heavy (non-hydrogen) atoms. The van der Waals surface area contributed by atoms with Crippen LogP contribution in [0.2, 0.25) is 10.0 Å². The molecular formula is C16H16Cl2FNS. The minimum Gasteiger partial charge on any atom is -0.316 e. The molecule has 1 nitrogen and oxygen atoms in total. The van der Waals surface area contributed by atoms with Crippen molar-refractivity contribution in [2.45, 2.75) is 17.4 Å². The van der Waals surface area contributed by atoms with Gasteiger partial charge in [0.05, 0.1) is 5.02 Å². The van der Waals surface area contributed by atoms with Crippen LogP contribution in [0, 0.1) is 5.82 Å². The normalized spacial score (nSPS) is 12.4. The lowest BCUT2D eigenvalue weighted by Gasteiger charge is -2.17. The maximum atomic E-state index is 13.1. The van der Waals surface area contributed by atoms with Gasteiger partial charge in [-0.2, -0.15) is 0 Å². The third kappa shape index (κ3) is 4.89. The molecule has 0 spiro atoms. The second-order valence-electron chi connectivity index (χ2n) is 4.67. The standard InChI is InChI=1S/C16H16Cl2FNS/c1-20-13(8-11-6-7-12(19)9-15(11)18)10-21-16-5-3-2-4-14(16)17/h2-7,9,13,20H,8,10H2,1H3. The predicted octanol–water partition coefficient (Wildman–Crippen LogP) is 5.06. The molecule has 0 aliphatic rings. The quantitative estimate of drug-likeness (QED) is 0.736. The molecule has 1 unspecified atom stereocenters. The first-order valence-electron chi connectivity index (χ1n) is 6.58. The van der Waals surface area contributed by atoms with Gasteiger partial charge in [-0.05, 0) is 43.3 Å². The van der Waals surface area contributed by atoms with E-state index in [2.05, 4.69) is 5.32 Å². The van der Waals surface area contributed by atoms with Crippen LogP contribution in [0.1, 0.15) is 5.56 Å².